The van der Waals surface area contributed by atoms with Crippen LogP contribution < -0.4 is 0 Å². The average molecular weight is 308 g/mol. The van der Waals surface area contributed by atoms with Crippen molar-refractivity contribution in [2.45, 2.75) is 12.8 Å². The molecule has 0 spiro atoms. The number of hydrogen-bond donors (Lipinski definition) is 0. The van der Waals surface area contributed by atoms with E-state index < -0.39 is 0 Å². The van der Waals surface area contributed by atoms with Crippen LogP contribution in [0.1, 0.15) is 16.8 Å². The van der Waals surface area contributed by atoms with Gasteiger partial charge >= 0.3 is 0 Å². The van der Waals surface area contributed by atoms with Crippen molar-refractivity contribution in [3.05, 3.63) is 71.2 Å². The van der Waals surface area contributed by atoms with Crippen LogP contribution in [0, 0.1) is 5.82 Å². The van der Waals surface area contributed by atoms with E-state index in [-0.39, 0.29) is 5.82 Å². The molecule has 0 bridgehead atoms. The Labute approximate surface area is 132 Å². The lowest BCUT2D eigenvalue weighted by molar-refractivity contribution is 0.626. The number of hydrogen-bond acceptors (Lipinski definition) is 3. The molecule has 108 valence electrons. The van der Waals surface area contributed by atoms with Gasteiger partial charge in [0, 0.05) is 11.8 Å². The molecule has 0 aliphatic heterocycles. The Hall–Kier alpha value is -2.33. The van der Waals surface area contributed by atoms with Crippen LogP contribution in [0.2, 0.25) is 0 Å². The van der Waals surface area contributed by atoms with Crippen LogP contribution in [-0.2, 0) is 12.8 Å². The summed E-state index contributed by atoms with van der Waals surface area (Å²) in [7, 11) is 0. The van der Waals surface area contributed by atoms with Crippen LogP contribution in [0.5, 0.6) is 0 Å². The van der Waals surface area contributed by atoms with E-state index >= 15 is 0 Å². The van der Waals surface area contributed by atoms with Crippen LogP contribution in [0.3, 0.4) is 0 Å². The number of nitrogens with zero attached hydrogens (tertiary/aromatic N) is 2. The zero-order valence-electron chi connectivity index (χ0n) is 11.8. The maximum Gasteiger partial charge on any atom is 0.209 e. The summed E-state index contributed by atoms with van der Waals surface area (Å²) in [5.74, 6) is -0.266. The second-order valence-electron chi connectivity index (χ2n) is 5.21. The van der Waals surface area contributed by atoms with Crippen molar-refractivity contribution in [1.29, 1.82) is 0 Å². The van der Waals surface area contributed by atoms with Gasteiger partial charge in [0.05, 0.1) is 10.6 Å². The van der Waals surface area contributed by atoms with E-state index in [1.807, 2.05) is 0 Å². The van der Waals surface area contributed by atoms with Gasteiger partial charge in [0.1, 0.15) is 5.82 Å². The minimum absolute atomic E-state index is 0.266. The summed E-state index contributed by atoms with van der Waals surface area (Å²) in [4.78, 5) is 10.1. The largest absolute Gasteiger partial charge is 0.227 e. The van der Waals surface area contributed by atoms with Gasteiger partial charge in [0.15, 0.2) is 0 Å². The standard InChI is InChI=1S/C18H13FN2S/c19-15-8-4-2-6-13(15)11-20-18-21-16-10-9-12-5-1-3-7-14(12)17(16)22-18/h1-8,11H,9-10H2. The van der Waals surface area contributed by atoms with E-state index in [9.17, 15) is 4.39 Å². The van der Waals surface area contributed by atoms with E-state index in [1.165, 1.54) is 22.1 Å². The van der Waals surface area contributed by atoms with E-state index in [1.54, 1.807) is 35.8 Å². The van der Waals surface area contributed by atoms with Gasteiger partial charge in [-0.2, -0.15) is 0 Å². The Morgan fingerprint density at radius 1 is 1.05 bits per heavy atom. The molecule has 0 unspecified atom stereocenters. The predicted octanol–water partition coefficient (Wildman–Crippen LogP) is 4.80. The highest BCUT2D eigenvalue weighted by Crippen LogP contribution is 2.40. The molecule has 22 heavy (non-hydrogen) atoms. The number of aryl methyl sites for hydroxylation is 2. The second-order valence-corrected chi connectivity index (χ2v) is 6.19. The molecule has 1 aromatic heterocycles. The van der Waals surface area contributed by atoms with Gasteiger partial charge in [-0.25, -0.2) is 14.4 Å². The number of aromatic nitrogens is 1. The minimum atomic E-state index is -0.266. The topological polar surface area (TPSA) is 25.2 Å². The molecule has 2 nitrogen and oxygen atoms in total. The maximum atomic E-state index is 13.6. The van der Waals surface area contributed by atoms with E-state index in [2.05, 4.69) is 34.2 Å². The summed E-state index contributed by atoms with van der Waals surface area (Å²) in [5, 5.41) is 0.685. The lowest BCUT2D eigenvalue weighted by Crippen LogP contribution is -2.01. The molecule has 4 heteroatoms. The molecule has 1 heterocycles. The fraction of sp³-hybridized carbons (Fsp3) is 0.111. The Morgan fingerprint density at radius 3 is 2.77 bits per heavy atom. The molecule has 4 rings (SSSR count). The first-order valence-corrected chi connectivity index (χ1v) is 7.99. The van der Waals surface area contributed by atoms with Gasteiger partial charge in [-0.05, 0) is 30.0 Å². The zero-order chi connectivity index (χ0) is 14.9. The summed E-state index contributed by atoms with van der Waals surface area (Å²) < 4.78 is 13.6. The first-order valence-electron chi connectivity index (χ1n) is 7.18. The van der Waals surface area contributed by atoms with Crippen molar-refractivity contribution in [2.75, 3.05) is 0 Å². The summed E-state index contributed by atoms with van der Waals surface area (Å²) in [5.41, 5.74) is 4.21. The first kappa shape index (κ1) is 13.3. The van der Waals surface area contributed by atoms with Gasteiger partial charge in [-0.15, -0.1) is 0 Å². The highest BCUT2D eigenvalue weighted by atomic mass is 32.1. The van der Waals surface area contributed by atoms with Crippen LogP contribution in [0.25, 0.3) is 10.4 Å². The predicted molar refractivity (Wildman–Crippen MR) is 88.6 cm³/mol. The lowest BCUT2D eigenvalue weighted by Gasteiger charge is -2.13. The SMILES string of the molecule is Fc1ccccc1C=Nc1nc2c(s1)-c1ccccc1CC2. The molecule has 0 saturated carbocycles. The molecule has 1 aliphatic carbocycles. The second kappa shape index (κ2) is 5.46. The van der Waals surface area contributed by atoms with Crippen molar-refractivity contribution in [3.63, 3.8) is 0 Å². The highest BCUT2D eigenvalue weighted by Gasteiger charge is 2.19. The monoisotopic (exact) mass is 308 g/mol. The molecule has 3 aromatic rings. The average Bonchev–Trinajstić information content (AvgIpc) is 2.98. The summed E-state index contributed by atoms with van der Waals surface area (Å²) in [6, 6.07) is 15.0. The lowest BCUT2D eigenvalue weighted by atomic mass is 9.94. The minimum Gasteiger partial charge on any atom is -0.227 e. The fourth-order valence-electron chi connectivity index (χ4n) is 2.69. The van der Waals surface area contributed by atoms with Crippen molar-refractivity contribution < 1.29 is 4.39 Å². The molecule has 0 N–H and O–H groups in total. The Kier molecular flexibility index (Phi) is 3.31. The molecular formula is C18H13FN2S. The number of thiazole rings is 1. The van der Waals surface area contributed by atoms with E-state index in [0.717, 1.165) is 18.5 Å². The number of rotatable bonds is 2. The first-order chi connectivity index (χ1) is 10.8. The Morgan fingerprint density at radius 2 is 1.86 bits per heavy atom. The molecule has 1 aliphatic rings. The van der Waals surface area contributed by atoms with Crippen molar-refractivity contribution in [3.8, 4) is 10.4 Å². The number of fused-ring (bicyclic) bond motifs is 3. The smallest absolute Gasteiger partial charge is 0.209 e. The summed E-state index contributed by atoms with van der Waals surface area (Å²) in [6.45, 7) is 0. The molecule has 0 fully saturated rings. The van der Waals surface area contributed by atoms with Gasteiger partial charge in [-0.3, -0.25) is 0 Å². The van der Waals surface area contributed by atoms with Gasteiger partial charge in [0.2, 0.25) is 5.13 Å². The third-order valence-corrected chi connectivity index (χ3v) is 4.84. The quantitative estimate of drug-likeness (QED) is 0.624. The van der Waals surface area contributed by atoms with Crippen molar-refractivity contribution >= 4 is 22.7 Å². The summed E-state index contributed by atoms with van der Waals surface area (Å²) in [6.07, 6.45) is 3.51. The maximum absolute atomic E-state index is 13.6. The third-order valence-electron chi connectivity index (χ3n) is 3.80. The molecule has 0 radical (unpaired) electrons. The number of aliphatic imine (C=N–C) groups is 1. The normalized spacial score (nSPS) is 13.1. The van der Waals surface area contributed by atoms with E-state index in [4.69, 9.17) is 0 Å². The van der Waals surface area contributed by atoms with Crippen molar-refractivity contribution in [1.82, 2.24) is 4.98 Å². The Balaban J connectivity index is 1.70. The van der Waals surface area contributed by atoms with E-state index in [0.29, 0.717) is 10.7 Å². The third kappa shape index (κ3) is 2.35. The van der Waals surface area contributed by atoms with Crippen LogP contribution in [-0.4, -0.2) is 11.2 Å². The molecule has 0 atom stereocenters. The van der Waals surface area contributed by atoms with Crippen LogP contribution >= 0.6 is 11.3 Å². The Bertz CT molecular complexity index is 867. The molecule has 0 saturated heterocycles. The number of halogens is 1. The van der Waals surface area contributed by atoms with Gasteiger partial charge < -0.3 is 0 Å². The molecular weight excluding hydrogens is 295 g/mol. The van der Waals surface area contributed by atoms with Gasteiger partial charge in [0.25, 0.3) is 0 Å². The molecule has 2 aromatic carbocycles. The summed E-state index contributed by atoms with van der Waals surface area (Å²) >= 11 is 1.57. The van der Waals surface area contributed by atoms with Crippen LogP contribution in [0.15, 0.2) is 53.5 Å². The van der Waals surface area contributed by atoms with Crippen LogP contribution in [0.4, 0.5) is 9.52 Å². The number of benzene rings is 2. The molecule has 0 amide bonds. The zero-order valence-corrected chi connectivity index (χ0v) is 12.6. The van der Waals surface area contributed by atoms with Gasteiger partial charge in [-0.1, -0.05) is 53.8 Å². The highest BCUT2D eigenvalue weighted by molar-refractivity contribution is 7.18. The fourth-order valence-corrected chi connectivity index (χ4v) is 3.71. The van der Waals surface area contributed by atoms with Crippen molar-refractivity contribution in [2.24, 2.45) is 4.99 Å².